The highest BCUT2D eigenvalue weighted by atomic mass is 16.5. The van der Waals surface area contributed by atoms with E-state index < -0.39 is 0 Å². The first-order chi connectivity index (χ1) is 11.5. The molecule has 0 aliphatic rings. The van der Waals surface area contributed by atoms with Gasteiger partial charge in [-0.15, -0.1) is 0 Å². The summed E-state index contributed by atoms with van der Waals surface area (Å²) >= 11 is 0. The van der Waals surface area contributed by atoms with Crippen LogP contribution in [0.25, 0.3) is 0 Å². The second kappa shape index (κ2) is 15.0. The van der Waals surface area contributed by atoms with Gasteiger partial charge in [0.25, 0.3) is 0 Å². The molecule has 0 radical (unpaired) electrons. The minimum absolute atomic E-state index is 0.0505. The van der Waals surface area contributed by atoms with Gasteiger partial charge >= 0.3 is 5.97 Å². The second-order valence-electron chi connectivity index (χ2n) is 6.16. The molecule has 0 saturated heterocycles. The summed E-state index contributed by atoms with van der Waals surface area (Å²) in [6.07, 6.45) is 9.28. The fourth-order valence-electron chi connectivity index (χ4n) is 2.18. The summed E-state index contributed by atoms with van der Waals surface area (Å²) in [5.74, 6) is -0.267. The molecule has 0 aromatic rings. The fourth-order valence-corrected chi connectivity index (χ4v) is 2.18. The summed E-state index contributed by atoms with van der Waals surface area (Å²) in [6.45, 7) is 4.89. The molecule has 0 aliphatic heterocycles. The molecule has 6 nitrogen and oxygen atoms in total. The Labute approximate surface area is 146 Å². The fraction of sp³-hybridized carbons (Fsp3) is 0.833. The van der Waals surface area contributed by atoms with Crippen LogP contribution in [-0.2, 0) is 14.3 Å². The van der Waals surface area contributed by atoms with E-state index in [9.17, 15) is 9.59 Å². The highest BCUT2D eigenvalue weighted by molar-refractivity contribution is 5.95. The Morgan fingerprint density at radius 2 is 1.54 bits per heavy atom. The van der Waals surface area contributed by atoms with Crippen molar-refractivity contribution in [3.05, 3.63) is 0 Å². The summed E-state index contributed by atoms with van der Waals surface area (Å²) in [5.41, 5.74) is 0. The third kappa shape index (κ3) is 12.9. The molecule has 0 spiro atoms. The molecular weight excluding hydrogens is 306 g/mol. The van der Waals surface area contributed by atoms with Crippen LogP contribution >= 0.6 is 0 Å². The molecule has 0 fully saturated rings. The predicted octanol–water partition coefficient (Wildman–Crippen LogP) is 3.45. The zero-order valence-electron chi connectivity index (χ0n) is 15.7. The van der Waals surface area contributed by atoms with Gasteiger partial charge in [-0.1, -0.05) is 52.4 Å². The van der Waals surface area contributed by atoms with Crippen LogP contribution in [-0.4, -0.2) is 42.9 Å². The number of carbonyl (C=O) groups excluding carboxylic acids is 2. The van der Waals surface area contributed by atoms with Gasteiger partial charge < -0.3 is 9.64 Å². The van der Waals surface area contributed by atoms with Crippen molar-refractivity contribution in [2.45, 2.75) is 78.1 Å². The van der Waals surface area contributed by atoms with Gasteiger partial charge in [0.2, 0.25) is 5.91 Å². The Balaban J connectivity index is 3.74. The van der Waals surface area contributed by atoms with Crippen molar-refractivity contribution in [3.8, 4) is 0 Å². The number of carbonyl (C=O) groups is 2. The first kappa shape index (κ1) is 22.4. The minimum Gasteiger partial charge on any atom is -0.464 e. The molecule has 0 aliphatic carbocycles. The van der Waals surface area contributed by atoms with Gasteiger partial charge in [-0.3, -0.25) is 20.3 Å². The highest BCUT2D eigenvalue weighted by Crippen LogP contribution is 2.04. The van der Waals surface area contributed by atoms with Crippen molar-refractivity contribution in [1.82, 2.24) is 10.2 Å². The van der Waals surface area contributed by atoms with E-state index in [0.717, 1.165) is 51.4 Å². The van der Waals surface area contributed by atoms with E-state index in [1.807, 2.05) is 0 Å². The number of ether oxygens (including phenoxy) is 1. The van der Waals surface area contributed by atoms with Gasteiger partial charge in [0, 0.05) is 19.9 Å². The maximum absolute atomic E-state index is 11.7. The lowest BCUT2D eigenvalue weighted by Crippen LogP contribution is -2.42. The summed E-state index contributed by atoms with van der Waals surface area (Å²) in [4.78, 5) is 24.8. The lowest BCUT2D eigenvalue weighted by Gasteiger charge is -2.20. The molecule has 2 N–H and O–H groups in total. The number of hydrogen-bond acceptors (Lipinski definition) is 4. The number of likely N-dealkylation sites (N-methyl/N-ethyl adjacent to an activating group) is 1. The normalized spacial score (nSPS) is 10.3. The van der Waals surface area contributed by atoms with Crippen LogP contribution in [0.4, 0.5) is 0 Å². The van der Waals surface area contributed by atoms with E-state index in [1.165, 1.54) is 0 Å². The largest absolute Gasteiger partial charge is 0.464 e. The molecule has 0 heterocycles. The molecule has 0 saturated carbocycles. The van der Waals surface area contributed by atoms with Crippen molar-refractivity contribution in [3.63, 3.8) is 0 Å². The van der Waals surface area contributed by atoms with Gasteiger partial charge in [0.15, 0.2) is 5.96 Å². The number of amides is 1. The summed E-state index contributed by atoms with van der Waals surface area (Å²) in [7, 11) is 1.70. The first-order valence-electron chi connectivity index (χ1n) is 9.26. The number of nitrogens with zero attached hydrogens (tertiary/aromatic N) is 1. The Bertz CT molecular complexity index is 373. The molecule has 0 aromatic carbocycles. The third-order valence-electron chi connectivity index (χ3n) is 3.82. The van der Waals surface area contributed by atoms with Crippen LogP contribution in [0, 0.1) is 5.41 Å². The van der Waals surface area contributed by atoms with Crippen molar-refractivity contribution in [2.75, 3.05) is 20.2 Å². The summed E-state index contributed by atoms with van der Waals surface area (Å²) < 4.78 is 5.15. The molecule has 0 rings (SSSR count). The molecule has 6 heteroatoms. The standard InChI is InChI=1S/C18H35N3O3/c1-4-6-8-10-12-16(22)20-18(19)21(3)14-15-24-17(23)13-11-9-7-5-2/h4-15H2,1-3H3,(H2,19,20,22). The van der Waals surface area contributed by atoms with Crippen LogP contribution in [0.1, 0.15) is 78.1 Å². The van der Waals surface area contributed by atoms with Crippen LogP contribution in [0.15, 0.2) is 0 Å². The number of nitrogens with one attached hydrogen (secondary N) is 2. The zero-order chi connectivity index (χ0) is 18.2. The maximum atomic E-state index is 11.7. The molecular formula is C18H35N3O3. The Morgan fingerprint density at radius 1 is 0.958 bits per heavy atom. The SMILES string of the molecule is CCCCCCC(=O)NC(=N)N(C)CCOC(=O)CCCCCC. The quantitative estimate of drug-likeness (QED) is 0.233. The van der Waals surface area contributed by atoms with Crippen LogP contribution in [0.2, 0.25) is 0 Å². The molecule has 0 unspecified atom stereocenters. The van der Waals surface area contributed by atoms with Gasteiger partial charge in [-0.2, -0.15) is 0 Å². The lowest BCUT2D eigenvalue weighted by molar-refractivity contribution is -0.144. The van der Waals surface area contributed by atoms with Crippen molar-refractivity contribution >= 4 is 17.8 Å². The van der Waals surface area contributed by atoms with E-state index in [1.54, 1.807) is 11.9 Å². The zero-order valence-corrected chi connectivity index (χ0v) is 15.7. The highest BCUT2D eigenvalue weighted by Gasteiger charge is 2.10. The minimum atomic E-state index is -0.189. The lowest BCUT2D eigenvalue weighted by atomic mass is 10.1. The van der Waals surface area contributed by atoms with E-state index in [4.69, 9.17) is 10.1 Å². The smallest absolute Gasteiger partial charge is 0.305 e. The molecule has 0 atom stereocenters. The third-order valence-corrected chi connectivity index (χ3v) is 3.82. The number of hydrogen-bond donors (Lipinski definition) is 2. The Morgan fingerprint density at radius 3 is 2.12 bits per heavy atom. The van der Waals surface area contributed by atoms with Crippen LogP contribution < -0.4 is 5.32 Å². The molecule has 24 heavy (non-hydrogen) atoms. The van der Waals surface area contributed by atoms with Crippen LogP contribution in [0.3, 0.4) is 0 Å². The van der Waals surface area contributed by atoms with Crippen molar-refractivity contribution in [2.24, 2.45) is 0 Å². The summed E-state index contributed by atoms with van der Waals surface area (Å²) in [6, 6.07) is 0. The van der Waals surface area contributed by atoms with Gasteiger partial charge in [0.1, 0.15) is 6.61 Å². The number of rotatable bonds is 13. The van der Waals surface area contributed by atoms with Crippen molar-refractivity contribution in [1.29, 1.82) is 5.41 Å². The van der Waals surface area contributed by atoms with Gasteiger partial charge in [-0.25, -0.2) is 0 Å². The topological polar surface area (TPSA) is 82.5 Å². The monoisotopic (exact) mass is 341 g/mol. The molecule has 140 valence electrons. The first-order valence-corrected chi connectivity index (χ1v) is 9.26. The number of guanidine groups is 1. The van der Waals surface area contributed by atoms with E-state index in [-0.39, 0.29) is 24.4 Å². The van der Waals surface area contributed by atoms with E-state index in [2.05, 4.69) is 19.2 Å². The molecule has 0 aromatic heterocycles. The number of esters is 1. The Kier molecular flexibility index (Phi) is 14.0. The summed E-state index contributed by atoms with van der Waals surface area (Å²) in [5, 5.41) is 10.4. The van der Waals surface area contributed by atoms with E-state index >= 15 is 0 Å². The van der Waals surface area contributed by atoms with E-state index in [0.29, 0.717) is 19.4 Å². The predicted molar refractivity (Wildman–Crippen MR) is 97.0 cm³/mol. The van der Waals surface area contributed by atoms with Gasteiger partial charge in [-0.05, 0) is 12.8 Å². The second-order valence-corrected chi connectivity index (χ2v) is 6.16. The Hall–Kier alpha value is -1.59. The number of unbranched alkanes of at least 4 members (excludes halogenated alkanes) is 6. The average molecular weight is 341 g/mol. The van der Waals surface area contributed by atoms with Crippen molar-refractivity contribution < 1.29 is 14.3 Å². The molecule has 0 bridgehead atoms. The molecule has 1 amide bonds. The maximum Gasteiger partial charge on any atom is 0.305 e. The van der Waals surface area contributed by atoms with Gasteiger partial charge in [0.05, 0.1) is 6.54 Å². The average Bonchev–Trinajstić information content (AvgIpc) is 2.55. The van der Waals surface area contributed by atoms with Crippen LogP contribution in [0.5, 0.6) is 0 Å².